The van der Waals surface area contributed by atoms with Gasteiger partial charge in [-0.15, -0.1) is 0 Å². The Kier molecular flexibility index (Phi) is 2.64. The van der Waals surface area contributed by atoms with Gasteiger partial charge in [-0.25, -0.2) is 4.79 Å². The molecular weight excluding hydrogens is 309 g/mol. The molecule has 0 aliphatic carbocycles. The molecule has 0 N–H and O–H groups in total. The number of benzene rings is 1. The Morgan fingerprint density at radius 3 is 2.93 bits per heavy atom. The van der Waals surface area contributed by atoms with Gasteiger partial charge < -0.3 is 4.42 Å². The highest BCUT2D eigenvalue weighted by Gasteiger charge is 2.10. The number of halogens is 1. The third-order valence-corrected chi connectivity index (χ3v) is 2.68. The largest absolute Gasteiger partial charge is 0.420 e. The van der Waals surface area contributed by atoms with E-state index in [9.17, 15) is 9.59 Å². The molecule has 0 saturated carbocycles. The molecule has 0 bridgehead atoms. The molecule has 0 fully saturated rings. The molecule has 0 unspecified atom stereocenters. The number of Topliss-reactive ketones (excluding diaryl/α,β-unsaturated/α-hetero) is 1. The van der Waals surface area contributed by atoms with E-state index in [0.717, 1.165) is 3.57 Å². The lowest BCUT2D eigenvalue weighted by atomic mass is 10.3. The summed E-state index contributed by atoms with van der Waals surface area (Å²) in [5, 5.41) is 0. The predicted molar refractivity (Wildman–Crippen MR) is 63.9 cm³/mol. The van der Waals surface area contributed by atoms with Crippen molar-refractivity contribution in [1.29, 1.82) is 0 Å². The van der Waals surface area contributed by atoms with Crippen LogP contribution in [0.25, 0.3) is 11.1 Å². The molecule has 0 amide bonds. The molecule has 0 radical (unpaired) electrons. The van der Waals surface area contributed by atoms with E-state index in [1.54, 1.807) is 12.1 Å². The number of fused-ring (bicyclic) bond motifs is 1. The molecule has 2 aromatic rings. The molecule has 78 valence electrons. The number of carbonyl (C=O) groups excluding carboxylic acids is 1. The Bertz CT molecular complexity index is 582. The first-order chi connectivity index (χ1) is 7.08. The van der Waals surface area contributed by atoms with Crippen molar-refractivity contribution in [2.75, 3.05) is 0 Å². The topological polar surface area (TPSA) is 52.2 Å². The minimum Gasteiger partial charge on any atom is -0.408 e. The van der Waals surface area contributed by atoms with Gasteiger partial charge in [-0.2, -0.15) is 0 Å². The summed E-state index contributed by atoms with van der Waals surface area (Å²) in [5.41, 5.74) is 1.18. The normalized spacial score (nSPS) is 10.8. The summed E-state index contributed by atoms with van der Waals surface area (Å²) >= 11 is 2.14. The zero-order valence-corrected chi connectivity index (χ0v) is 10.1. The number of ketones is 1. The first-order valence-electron chi connectivity index (χ1n) is 4.36. The molecule has 0 aliphatic heterocycles. The van der Waals surface area contributed by atoms with Crippen molar-refractivity contribution in [3.63, 3.8) is 0 Å². The minimum absolute atomic E-state index is 0.0619. The highest BCUT2D eigenvalue weighted by atomic mass is 127. The van der Waals surface area contributed by atoms with Gasteiger partial charge in [0, 0.05) is 3.57 Å². The van der Waals surface area contributed by atoms with E-state index in [-0.39, 0.29) is 12.3 Å². The lowest BCUT2D eigenvalue weighted by Crippen LogP contribution is -2.18. The van der Waals surface area contributed by atoms with E-state index in [2.05, 4.69) is 22.6 Å². The molecule has 0 atom stereocenters. The fourth-order valence-corrected chi connectivity index (χ4v) is 1.88. The summed E-state index contributed by atoms with van der Waals surface area (Å²) in [6.45, 7) is 1.50. The standard InChI is InChI=1S/C10H8INO3/c1-6(13)5-12-8-3-2-7(11)4-9(8)15-10(12)14/h2-4H,5H2,1H3. The second kappa shape index (κ2) is 3.80. The van der Waals surface area contributed by atoms with E-state index in [1.807, 2.05) is 6.07 Å². The lowest BCUT2D eigenvalue weighted by molar-refractivity contribution is -0.117. The highest BCUT2D eigenvalue weighted by molar-refractivity contribution is 14.1. The van der Waals surface area contributed by atoms with Crippen LogP contribution < -0.4 is 5.76 Å². The number of hydrogen-bond acceptors (Lipinski definition) is 3. The van der Waals surface area contributed by atoms with E-state index in [4.69, 9.17) is 4.42 Å². The second-order valence-electron chi connectivity index (χ2n) is 3.27. The highest BCUT2D eigenvalue weighted by Crippen LogP contribution is 2.16. The Morgan fingerprint density at radius 2 is 2.27 bits per heavy atom. The van der Waals surface area contributed by atoms with Crippen molar-refractivity contribution in [3.8, 4) is 0 Å². The van der Waals surface area contributed by atoms with Crippen LogP contribution in [-0.4, -0.2) is 10.4 Å². The van der Waals surface area contributed by atoms with Crippen molar-refractivity contribution < 1.29 is 9.21 Å². The molecule has 4 nitrogen and oxygen atoms in total. The maximum Gasteiger partial charge on any atom is 0.420 e. The predicted octanol–water partition coefficient (Wildman–Crippen LogP) is 1.79. The summed E-state index contributed by atoms with van der Waals surface area (Å²) < 4.78 is 7.36. The number of rotatable bonds is 2. The second-order valence-corrected chi connectivity index (χ2v) is 4.51. The SMILES string of the molecule is CC(=O)Cn1c(=O)oc2cc(I)ccc21. The summed E-state index contributed by atoms with van der Waals surface area (Å²) in [5.74, 6) is -0.555. The molecular formula is C10H8INO3. The summed E-state index contributed by atoms with van der Waals surface area (Å²) in [7, 11) is 0. The molecule has 1 heterocycles. The van der Waals surface area contributed by atoms with Crippen LogP contribution in [0.3, 0.4) is 0 Å². The number of carbonyl (C=O) groups is 1. The fourth-order valence-electron chi connectivity index (χ4n) is 1.41. The van der Waals surface area contributed by atoms with Gasteiger partial charge in [0.2, 0.25) is 0 Å². The zero-order chi connectivity index (χ0) is 11.0. The summed E-state index contributed by atoms with van der Waals surface area (Å²) in [4.78, 5) is 22.4. The van der Waals surface area contributed by atoms with Crippen LogP contribution >= 0.6 is 22.6 Å². The number of hydrogen-bond donors (Lipinski definition) is 0. The maximum atomic E-state index is 11.4. The first kappa shape index (κ1) is 10.4. The van der Waals surface area contributed by atoms with Crippen LogP contribution in [0.15, 0.2) is 27.4 Å². The van der Waals surface area contributed by atoms with Crippen LogP contribution in [0.4, 0.5) is 0 Å². The lowest BCUT2D eigenvalue weighted by Gasteiger charge is -1.97. The minimum atomic E-state index is -0.484. The number of nitrogens with zero attached hydrogens (tertiary/aromatic N) is 1. The quantitative estimate of drug-likeness (QED) is 0.794. The molecule has 1 aromatic carbocycles. The van der Waals surface area contributed by atoms with E-state index in [0.29, 0.717) is 11.1 Å². The van der Waals surface area contributed by atoms with E-state index < -0.39 is 5.76 Å². The maximum absolute atomic E-state index is 11.4. The van der Waals surface area contributed by atoms with Crippen molar-refractivity contribution in [2.24, 2.45) is 0 Å². The zero-order valence-electron chi connectivity index (χ0n) is 7.99. The summed E-state index contributed by atoms with van der Waals surface area (Å²) in [6, 6.07) is 5.42. The number of aromatic nitrogens is 1. The van der Waals surface area contributed by atoms with Gasteiger partial charge in [-0.3, -0.25) is 9.36 Å². The van der Waals surface area contributed by atoms with Gasteiger partial charge in [-0.1, -0.05) is 0 Å². The van der Waals surface area contributed by atoms with Gasteiger partial charge in [0.15, 0.2) is 5.58 Å². The van der Waals surface area contributed by atoms with Crippen molar-refractivity contribution in [1.82, 2.24) is 4.57 Å². The average molecular weight is 317 g/mol. The Balaban J connectivity index is 2.68. The molecule has 0 aliphatic rings. The van der Waals surface area contributed by atoms with Crippen LogP contribution in [0.5, 0.6) is 0 Å². The molecule has 15 heavy (non-hydrogen) atoms. The third kappa shape index (κ3) is 1.97. The van der Waals surface area contributed by atoms with Crippen molar-refractivity contribution >= 4 is 39.5 Å². The average Bonchev–Trinajstić information content (AvgIpc) is 2.41. The van der Waals surface area contributed by atoms with Crippen molar-refractivity contribution in [2.45, 2.75) is 13.5 Å². The van der Waals surface area contributed by atoms with Gasteiger partial charge in [-0.05, 0) is 47.7 Å². The van der Waals surface area contributed by atoms with Crippen LogP contribution in [-0.2, 0) is 11.3 Å². The van der Waals surface area contributed by atoms with Crippen LogP contribution in [0, 0.1) is 3.57 Å². The fraction of sp³-hybridized carbons (Fsp3) is 0.200. The van der Waals surface area contributed by atoms with Crippen LogP contribution in [0.1, 0.15) is 6.92 Å². The Labute approximate surface area is 99.0 Å². The molecule has 0 spiro atoms. The molecule has 5 heteroatoms. The Morgan fingerprint density at radius 1 is 1.53 bits per heavy atom. The first-order valence-corrected chi connectivity index (χ1v) is 5.44. The monoisotopic (exact) mass is 317 g/mol. The number of oxazole rings is 1. The Hall–Kier alpha value is -1.11. The van der Waals surface area contributed by atoms with Gasteiger partial charge in [0.05, 0.1) is 12.1 Å². The van der Waals surface area contributed by atoms with E-state index >= 15 is 0 Å². The van der Waals surface area contributed by atoms with Gasteiger partial charge in [0.1, 0.15) is 5.78 Å². The van der Waals surface area contributed by atoms with Crippen LogP contribution in [0.2, 0.25) is 0 Å². The molecule has 1 aromatic heterocycles. The van der Waals surface area contributed by atoms with Crippen molar-refractivity contribution in [3.05, 3.63) is 32.3 Å². The smallest absolute Gasteiger partial charge is 0.408 e. The third-order valence-electron chi connectivity index (χ3n) is 2.01. The summed E-state index contributed by atoms with van der Waals surface area (Å²) in [6.07, 6.45) is 0. The molecule has 2 rings (SSSR count). The molecule has 0 saturated heterocycles. The van der Waals surface area contributed by atoms with Gasteiger partial charge in [0.25, 0.3) is 0 Å². The van der Waals surface area contributed by atoms with E-state index in [1.165, 1.54) is 11.5 Å². The van der Waals surface area contributed by atoms with Gasteiger partial charge >= 0.3 is 5.76 Å².